The molecule has 1 saturated carbocycles. The minimum absolute atomic E-state index is 0.0956. The SMILES string of the molecule is CCOc1cc(N)cc(C(=O)NCC2C(C)(C)C2(C)C)c1. The number of carbonyl (C=O) groups is 1. The first kappa shape index (κ1) is 15.7. The van der Waals surface area contributed by atoms with E-state index in [1.165, 1.54) is 0 Å². The number of benzene rings is 1. The van der Waals surface area contributed by atoms with Gasteiger partial charge in [-0.15, -0.1) is 0 Å². The van der Waals surface area contributed by atoms with E-state index in [1.807, 2.05) is 6.92 Å². The number of amides is 1. The first-order chi connectivity index (χ1) is 9.70. The smallest absolute Gasteiger partial charge is 0.251 e. The lowest BCUT2D eigenvalue weighted by atomic mass is 10.0. The second-order valence-corrected chi connectivity index (χ2v) is 6.93. The van der Waals surface area contributed by atoms with Gasteiger partial charge in [-0.2, -0.15) is 0 Å². The van der Waals surface area contributed by atoms with Gasteiger partial charge in [-0.1, -0.05) is 27.7 Å². The van der Waals surface area contributed by atoms with E-state index in [0.717, 1.165) is 0 Å². The summed E-state index contributed by atoms with van der Waals surface area (Å²) in [7, 11) is 0. The molecule has 1 amide bonds. The lowest BCUT2D eigenvalue weighted by Crippen LogP contribution is -2.27. The molecule has 1 aliphatic rings. The zero-order valence-corrected chi connectivity index (χ0v) is 13.6. The minimum Gasteiger partial charge on any atom is -0.494 e. The van der Waals surface area contributed by atoms with Crippen LogP contribution in [0.25, 0.3) is 0 Å². The maximum Gasteiger partial charge on any atom is 0.251 e. The van der Waals surface area contributed by atoms with Crippen molar-refractivity contribution in [3.05, 3.63) is 23.8 Å². The molecule has 0 unspecified atom stereocenters. The highest BCUT2D eigenvalue weighted by Gasteiger charge is 2.64. The van der Waals surface area contributed by atoms with Gasteiger partial charge in [0.15, 0.2) is 0 Å². The van der Waals surface area contributed by atoms with Gasteiger partial charge >= 0.3 is 0 Å². The van der Waals surface area contributed by atoms with Crippen LogP contribution >= 0.6 is 0 Å². The number of carbonyl (C=O) groups excluding carboxylic acids is 1. The van der Waals surface area contributed by atoms with Crippen LogP contribution in [0.5, 0.6) is 5.75 Å². The molecule has 116 valence electrons. The van der Waals surface area contributed by atoms with Crippen LogP contribution in [0, 0.1) is 16.7 Å². The number of hydrogen-bond acceptors (Lipinski definition) is 3. The Bertz CT molecular complexity index is 536. The van der Waals surface area contributed by atoms with Gasteiger partial charge in [0.05, 0.1) is 6.61 Å². The third-order valence-corrected chi connectivity index (χ3v) is 5.29. The maximum atomic E-state index is 12.3. The molecular weight excluding hydrogens is 264 g/mol. The van der Waals surface area contributed by atoms with Crippen molar-refractivity contribution in [2.45, 2.75) is 34.6 Å². The predicted octanol–water partition coefficient (Wildman–Crippen LogP) is 3.08. The standard InChI is InChI=1S/C17H26N2O2/c1-6-21-13-8-11(7-12(18)9-13)15(20)19-10-14-16(2,3)17(14,4)5/h7-9,14H,6,10,18H2,1-5H3,(H,19,20). The fourth-order valence-corrected chi connectivity index (χ4v) is 3.14. The van der Waals surface area contributed by atoms with E-state index in [-0.39, 0.29) is 16.7 Å². The largest absolute Gasteiger partial charge is 0.494 e. The predicted molar refractivity (Wildman–Crippen MR) is 85.4 cm³/mol. The second-order valence-electron chi connectivity index (χ2n) is 6.93. The van der Waals surface area contributed by atoms with E-state index < -0.39 is 0 Å². The van der Waals surface area contributed by atoms with E-state index in [9.17, 15) is 4.79 Å². The Labute approximate surface area is 127 Å². The Morgan fingerprint density at radius 1 is 1.24 bits per heavy atom. The molecule has 0 spiro atoms. The van der Waals surface area contributed by atoms with Crippen LogP contribution < -0.4 is 15.8 Å². The Morgan fingerprint density at radius 3 is 2.38 bits per heavy atom. The number of ether oxygens (including phenoxy) is 1. The van der Waals surface area contributed by atoms with Crippen molar-refractivity contribution in [3.8, 4) is 5.75 Å². The quantitative estimate of drug-likeness (QED) is 0.819. The van der Waals surface area contributed by atoms with Crippen molar-refractivity contribution in [1.82, 2.24) is 5.32 Å². The Morgan fingerprint density at radius 2 is 1.86 bits per heavy atom. The first-order valence-corrected chi connectivity index (χ1v) is 7.51. The van der Waals surface area contributed by atoms with Gasteiger partial charge in [0.2, 0.25) is 0 Å². The third kappa shape index (κ3) is 2.85. The van der Waals surface area contributed by atoms with Gasteiger partial charge in [-0.3, -0.25) is 4.79 Å². The van der Waals surface area contributed by atoms with Crippen molar-refractivity contribution in [1.29, 1.82) is 0 Å². The topological polar surface area (TPSA) is 64.3 Å². The van der Waals surface area contributed by atoms with Gasteiger partial charge in [-0.05, 0) is 35.8 Å². The minimum atomic E-state index is -0.0956. The normalized spacial score (nSPS) is 19.1. The molecule has 1 aliphatic carbocycles. The third-order valence-electron chi connectivity index (χ3n) is 5.29. The molecule has 0 bridgehead atoms. The molecule has 0 atom stereocenters. The van der Waals surface area contributed by atoms with Crippen LogP contribution in [0.4, 0.5) is 5.69 Å². The zero-order valence-electron chi connectivity index (χ0n) is 13.6. The first-order valence-electron chi connectivity index (χ1n) is 7.51. The molecule has 1 aromatic rings. The molecule has 4 heteroatoms. The van der Waals surface area contributed by atoms with Crippen LogP contribution in [0.1, 0.15) is 45.0 Å². The van der Waals surface area contributed by atoms with Crippen LogP contribution in [0.3, 0.4) is 0 Å². The van der Waals surface area contributed by atoms with Crippen molar-refractivity contribution in [3.63, 3.8) is 0 Å². The average Bonchev–Trinajstić information content (AvgIpc) is 2.76. The van der Waals surface area contributed by atoms with E-state index in [1.54, 1.807) is 18.2 Å². The van der Waals surface area contributed by atoms with Crippen LogP contribution in [-0.2, 0) is 0 Å². The summed E-state index contributed by atoms with van der Waals surface area (Å²) in [4.78, 5) is 12.3. The second kappa shape index (κ2) is 5.24. The fourth-order valence-electron chi connectivity index (χ4n) is 3.14. The summed E-state index contributed by atoms with van der Waals surface area (Å²) in [5.41, 5.74) is 7.45. The number of nitrogen functional groups attached to an aromatic ring is 1. The molecule has 0 saturated heterocycles. The molecular formula is C17H26N2O2. The van der Waals surface area contributed by atoms with Gasteiger partial charge in [0, 0.05) is 23.9 Å². The number of hydrogen-bond donors (Lipinski definition) is 2. The van der Waals surface area contributed by atoms with Crippen LogP contribution in [0.2, 0.25) is 0 Å². The van der Waals surface area contributed by atoms with Crippen molar-refractivity contribution >= 4 is 11.6 Å². The summed E-state index contributed by atoms with van der Waals surface area (Å²) < 4.78 is 5.42. The molecule has 1 fully saturated rings. The highest BCUT2D eigenvalue weighted by Crippen LogP contribution is 2.67. The van der Waals surface area contributed by atoms with E-state index >= 15 is 0 Å². The van der Waals surface area contributed by atoms with Crippen molar-refractivity contribution < 1.29 is 9.53 Å². The van der Waals surface area contributed by atoms with Crippen LogP contribution in [0.15, 0.2) is 18.2 Å². The molecule has 2 rings (SSSR count). The van der Waals surface area contributed by atoms with Gasteiger partial charge in [0.25, 0.3) is 5.91 Å². The monoisotopic (exact) mass is 290 g/mol. The summed E-state index contributed by atoms with van der Waals surface area (Å²) in [6.07, 6.45) is 0. The summed E-state index contributed by atoms with van der Waals surface area (Å²) >= 11 is 0. The van der Waals surface area contributed by atoms with Crippen LogP contribution in [-0.4, -0.2) is 19.1 Å². The zero-order chi connectivity index (χ0) is 15.8. The molecule has 1 aromatic carbocycles. The Hall–Kier alpha value is -1.71. The lowest BCUT2D eigenvalue weighted by molar-refractivity contribution is 0.0949. The van der Waals surface area contributed by atoms with Crippen molar-refractivity contribution in [2.75, 3.05) is 18.9 Å². The highest BCUT2D eigenvalue weighted by molar-refractivity contribution is 5.95. The Balaban J connectivity index is 2.01. The summed E-state index contributed by atoms with van der Waals surface area (Å²) in [6, 6.07) is 5.15. The lowest BCUT2D eigenvalue weighted by Gasteiger charge is -2.10. The highest BCUT2D eigenvalue weighted by atomic mass is 16.5. The Kier molecular flexibility index (Phi) is 3.91. The maximum absolute atomic E-state index is 12.3. The van der Waals surface area contributed by atoms with Gasteiger partial charge in [-0.25, -0.2) is 0 Å². The van der Waals surface area contributed by atoms with E-state index in [4.69, 9.17) is 10.5 Å². The molecule has 0 aromatic heterocycles. The average molecular weight is 290 g/mol. The van der Waals surface area contributed by atoms with Gasteiger partial charge < -0.3 is 15.8 Å². The summed E-state index contributed by atoms with van der Waals surface area (Å²) in [5.74, 6) is 1.04. The molecule has 3 N–H and O–H groups in total. The molecule has 21 heavy (non-hydrogen) atoms. The summed E-state index contributed by atoms with van der Waals surface area (Å²) in [6.45, 7) is 12.1. The summed E-state index contributed by atoms with van der Waals surface area (Å²) in [5, 5.41) is 3.02. The number of anilines is 1. The van der Waals surface area contributed by atoms with E-state index in [0.29, 0.717) is 36.1 Å². The molecule has 0 heterocycles. The fraction of sp³-hybridized carbons (Fsp3) is 0.588. The van der Waals surface area contributed by atoms with E-state index in [2.05, 4.69) is 33.0 Å². The number of nitrogens with two attached hydrogens (primary N) is 1. The number of nitrogens with one attached hydrogen (secondary N) is 1. The molecule has 4 nitrogen and oxygen atoms in total. The number of rotatable bonds is 5. The van der Waals surface area contributed by atoms with Crippen molar-refractivity contribution in [2.24, 2.45) is 16.7 Å². The molecule has 0 aliphatic heterocycles. The molecule has 0 radical (unpaired) electrons. The van der Waals surface area contributed by atoms with Gasteiger partial charge in [0.1, 0.15) is 5.75 Å².